The number of nitrogens with zero attached hydrogens (tertiary/aromatic N) is 1. The fraction of sp³-hybridized carbons (Fsp3) is 0.500. The highest BCUT2D eigenvalue weighted by molar-refractivity contribution is 5.83. The molecule has 1 N–H and O–H groups in total. The topological polar surface area (TPSA) is 71.5 Å². The van der Waals surface area contributed by atoms with Gasteiger partial charge in [0.15, 0.2) is 6.10 Å². The molecule has 1 aliphatic heterocycles. The summed E-state index contributed by atoms with van der Waals surface area (Å²) in [6.45, 7) is 1.72. The number of hydrogen-bond donors (Lipinski definition) is 1. The lowest BCUT2D eigenvalue weighted by Crippen LogP contribution is -2.35. The van der Waals surface area contributed by atoms with E-state index in [1.165, 1.54) is 4.90 Å². The minimum atomic E-state index is -0.439. The highest BCUT2D eigenvalue weighted by Gasteiger charge is 2.43. The van der Waals surface area contributed by atoms with E-state index >= 15 is 0 Å². The zero-order valence-corrected chi connectivity index (χ0v) is 11.8. The largest absolute Gasteiger partial charge is 0.497 e. The molecule has 0 saturated carbocycles. The van der Waals surface area contributed by atoms with Crippen molar-refractivity contribution in [3.8, 4) is 11.5 Å². The lowest BCUT2D eigenvalue weighted by molar-refractivity contribution is -0.136. The number of rotatable bonds is 6. The average molecular weight is 281 g/mol. The number of carbonyl (C=O) groups excluding carboxylic acids is 1. The van der Waals surface area contributed by atoms with Gasteiger partial charge in [-0.15, -0.1) is 0 Å². The summed E-state index contributed by atoms with van der Waals surface area (Å²) >= 11 is 0. The molecule has 0 aromatic heterocycles. The predicted octanol–water partition coefficient (Wildman–Crippen LogP) is 0.769. The Balaban J connectivity index is 2.12. The Morgan fingerprint density at radius 1 is 1.40 bits per heavy atom. The van der Waals surface area contributed by atoms with Gasteiger partial charge in [0.25, 0.3) is 5.91 Å². The van der Waals surface area contributed by atoms with E-state index in [0.29, 0.717) is 11.5 Å². The Bertz CT molecular complexity index is 490. The number of ether oxygens (including phenoxy) is 3. The van der Waals surface area contributed by atoms with Crippen LogP contribution in [-0.4, -0.2) is 49.1 Å². The van der Waals surface area contributed by atoms with Crippen molar-refractivity contribution >= 4 is 5.91 Å². The maximum absolute atomic E-state index is 12.0. The maximum Gasteiger partial charge on any atom is 0.256 e. The van der Waals surface area contributed by atoms with Gasteiger partial charge in [-0.2, -0.15) is 0 Å². The molecule has 0 bridgehead atoms. The van der Waals surface area contributed by atoms with Crippen molar-refractivity contribution in [2.24, 2.45) is 0 Å². The Kier molecular flexibility index (Phi) is 4.46. The van der Waals surface area contributed by atoms with Gasteiger partial charge < -0.3 is 24.2 Å². The predicted molar refractivity (Wildman–Crippen MR) is 71.5 cm³/mol. The monoisotopic (exact) mass is 281 g/mol. The number of carbonyl (C=O) groups is 1. The van der Waals surface area contributed by atoms with Gasteiger partial charge in [0.2, 0.25) is 0 Å². The van der Waals surface area contributed by atoms with Crippen LogP contribution in [0.3, 0.4) is 0 Å². The number of benzene rings is 1. The van der Waals surface area contributed by atoms with Crippen LogP contribution in [0.4, 0.5) is 0 Å². The van der Waals surface area contributed by atoms with Crippen LogP contribution in [0.5, 0.6) is 11.5 Å². The molecule has 0 unspecified atom stereocenters. The van der Waals surface area contributed by atoms with E-state index in [1.54, 1.807) is 26.4 Å². The second-order valence-corrected chi connectivity index (χ2v) is 4.62. The van der Waals surface area contributed by atoms with E-state index in [1.807, 2.05) is 13.0 Å². The number of hydrogen-bond acceptors (Lipinski definition) is 5. The van der Waals surface area contributed by atoms with Gasteiger partial charge in [-0.1, -0.05) is 0 Å². The normalized spacial score (nSPS) is 20.4. The van der Waals surface area contributed by atoms with Crippen LogP contribution in [0.1, 0.15) is 12.5 Å². The van der Waals surface area contributed by atoms with Gasteiger partial charge in [0.1, 0.15) is 18.2 Å². The van der Waals surface area contributed by atoms with Crippen molar-refractivity contribution in [2.45, 2.75) is 25.7 Å². The molecule has 6 heteroatoms. The van der Waals surface area contributed by atoms with Crippen LogP contribution in [0.15, 0.2) is 18.2 Å². The van der Waals surface area contributed by atoms with Gasteiger partial charge in [-0.05, 0) is 19.1 Å². The first kappa shape index (κ1) is 14.6. The van der Waals surface area contributed by atoms with Crippen molar-refractivity contribution in [3.05, 3.63) is 23.8 Å². The Morgan fingerprint density at radius 2 is 2.10 bits per heavy atom. The first-order valence-electron chi connectivity index (χ1n) is 6.36. The first-order valence-corrected chi connectivity index (χ1v) is 6.36. The lowest BCUT2D eigenvalue weighted by Gasteiger charge is -2.20. The van der Waals surface area contributed by atoms with E-state index < -0.39 is 6.10 Å². The summed E-state index contributed by atoms with van der Waals surface area (Å²) in [4.78, 5) is 13.4. The maximum atomic E-state index is 12.0. The van der Waals surface area contributed by atoms with Crippen LogP contribution in [-0.2, 0) is 16.1 Å². The van der Waals surface area contributed by atoms with E-state index in [9.17, 15) is 9.90 Å². The third-order valence-electron chi connectivity index (χ3n) is 3.29. The van der Waals surface area contributed by atoms with Crippen molar-refractivity contribution in [1.82, 2.24) is 4.90 Å². The molecular formula is C14H19NO5. The van der Waals surface area contributed by atoms with Crippen molar-refractivity contribution < 1.29 is 24.1 Å². The third-order valence-corrected chi connectivity index (χ3v) is 3.29. The molecule has 1 aromatic carbocycles. The molecule has 1 aromatic rings. The second kappa shape index (κ2) is 6.11. The molecule has 1 fully saturated rings. The van der Waals surface area contributed by atoms with E-state index in [4.69, 9.17) is 14.2 Å². The number of amides is 1. The van der Waals surface area contributed by atoms with Crippen LogP contribution in [0.25, 0.3) is 0 Å². The van der Waals surface area contributed by atoms with Crippen LogP contribution in [0.2, 0.25) is 0 Å². The smallest absolute Gasteiger partial charge is 0.256 e. The average Bonchev–Trinajstić information content (AvgIpc) is 3.21. The molecular weight excluding hydrogens is 262 g/mol. The van der Waals surface area contributed by atoms with Gasteiger partial charge in [-0.25, -0.2) is 0 Å². The Morgan fingerprint density at radius 3 is 2.60 bits per heavy atom. The van der Waals surface area contributed by atoms with Gasteiger partial charge >= 0.3 is 0 Å². The minimum absolute atomic E-state index is 0.0747. The first-order chi connectivity index (χ1) is 9.60. The van der Waals surface area contributed by atoms with Crippen molar-refractivity contribution in [2.75, 3.05) is 21.0 Å². The molecule has 20 heavy (non-hydrogen) atoms. The number of epoxide rings is 1. The van der Waals surface area contributed by atoms with Gasteiger partial charge in [0, 0.05) is 11.6 Å². The third kappa shape index (κ3) is 3.02. The minimum Gasteiger partial charge on any atom is -0.497 e. The zero-order chi connectivity index (χ0) is 14.7. The summed E-state index contributed by atoms with van der Waals surface area (Å²) in [6, 6.07) is 5.34. The van der Waals surface area contributed by atoms with Crippen LogP contribution >= 0.6 is 0 Å². The fourth-order valence-electron chi connectivity index (χ4n) is 2.01. The molecule has 110 valence electrons. The Hall–Kier alpha value is -1.79. The van der Waals surface area contributed by atoms with Crippen LogP contribution in [0, 0.1) is 0 Å². The molecule has 2 atom stereocenters. The quantitative estimate of drug-likeness (QED) is 0.616. The molecule has 0 radical (unpaired) electrons. The standard InChI is InChI=1S/C14H19NO5/c1-9-13(20-9)14(17)15(8-16)7-10-4-5-11(18-2)6-12(10)19-3/h4-6,9,13,16H,7-8H2,1-3H3/t9-,13-/m1/s1. The molecule has 1 heterocycles. The SMILES string of the molecule is COc1ccc(CN(CO)C(=O)[C@@H]2O[C@@H]2C)c(OC)c1. The summed E-state index contributed by atoms with van der Waals surface area (Å²) in [5.74, 6) is 1.07. The van der Waals surface area contributed by atoms with E-state index in [0.717, 1.165) is 5.56 Å². The molecule has 0 spiro atoms. The molecule has 1 amide bonds. The summed E-state index contributed by atoms with van der Waals surface area (Å²) < 4.78 is 15.5. The molecule has 1 aliphatic rings. The molecule has 0 aliphatic carbocycles. The van der Waals surface area contributed by atoms with Crippen LogP contribution < -0.4 is 9.47 Å². The highest BCUT2D eigenvalue weighted by Crippen LogP contribution is 2.28. The zero-order valence-electron chi connectivity index (χ0n) is 11.8. The lowest BCUT2D eigenvalue weighted by atomic mass is 10.1. The summed E-state index contributed by atoms with van der Waals surface area (Å²) in [5, 5.41) is 9.37. The number of methoxy groups -OCH3 is 2. The van der Waals surface area contributed by atoms with Gasteiger partial charge in [0.05, 0.1) is 26.9 Å². The number of aliphatic hydroxyl groups excluding tert-OH is 1. The van der Waals surface area contributed by atoms with Crippen molar-refractivity contribution in [1.29, 1.82) is 0 Å². The number of aliphatic hydroxyl groups is 1. The summed E-state index contributed by atoms with van der Waals surface area (Å²) in [7, 11) is 3.12. The van der Waals surface area contributed by atoms with E-state index in [2.05, 4.69) is 0 Å². The Labute approximate surface area is 117 Å². The molecule has 1 saturated heterocycles. The molecule has 6 nitrogen and oxygen atoms in total. The van der Waals surface area contributed by atoms with E-state index in [-0.39, 0.29) is 25.3 Å². The highest BCUT2D eigenvalue weighted by atomic mass is 16.6. The summed E-state index contributed by atoms with van der Waals surface area (Å²) in [6.07, 6.45) is -0.513. The summed E-state index contributed by atoms with van der Waals surface area (Å²) in [5.41, 5.74) is 0.795. The van der Waals surface area contributed by atoms with Gasteiger partial charge in [-0.3, -0.25) is 4.79 Å². The second-order valence-electron chi connectivity index (χ2n) is 4.62. The fourth-order valence-corrected chi connectivity index (χ4v) is 2.01. The van der Waals surface area contributed by atoms with Crippen molar-refractivity contribution in [3.63, 3.8) is 0 Å². The molecule has 2 rings (SSSR count).